The van der Waals surface area contributed by atoms with E-state index in [0.29, 0.717) is 11.4 Å². The quantitative estimate of drug-likeness (QED) is 0.942. The average Bonchev–Trinajstić information content (AvgIpc) is 2.63. The lowest BCUT2D eigenvalue weighted by Gasteiger charge is -2.25. The lowest BCUT2D eigenvalue weighted by atomic mass is 9.89. The van der Waals surface area contributed by atoms with E-state index in [1.165, 1.54) is 6.33 Å². The second kappa shape index (κ2) is 4.99. The summed E-state index contributed by atoms with van der Waals surface area (Å²) in [4.78, 5) is 4.19. The lowest BCUT2D eigenvalue weighted by molar-refractivity contribution is 0.465. The van der Waals surface area contributed by atoms with E-state index in [2.05, 4.69) is 26.0 Å². The summed E-state index contributed by atoms with van der Waals surface area (Å²) in [6, 6.07) is 5.71. The van der Waals surface area contributed by atoms with E-state index in [0.717, 1.165) is 15.9 Å². The van der Waals surface area contributed by atoms with Gasteiger partial charge in [-0.05, 0) is 24.6 Å². The highest BCUT2D eigenvalue weighted by Crippen LogP contribution is 2.30. The summed E-state index contributed by atoms with van der Waals surface area (Å²) in [5.41, 5.74) is 6.68. The van der Waals surface area contributed by atoms with Crippen LogP contribution in [0, 0.1) is 0 Å². The molecule has 0 aliphatic heterocycles. The maximum atomic E-state index is 6.37. The zero-order valence-corrected chi connectivity index (χ0v) is 12.5. The van der Waals surface area contributed by atoms with E-state index in [1.54, 1.807) is 4.68 Å². The number of rotatable bonds is 3. The molecule has 0 bridgehead atoms. The van der Waals surface area contributed by atoms with Gasteiger partial charge in [-0.25, -0.2) is 4.98 Å². The first-order valence-electron chi connectivity index (χ1n) is 5.47. The van der Waals surface area contributed by atoms with E-state index in [4.69, 9.17) is 17.3 Å². The predicted molar refractivity (Wildman–Crippen MR) is 75.4 cm³/mol. The third kappa shape index (κ3) is 2.74. The number of nitrogens with zero attached hydrogens (tertiary/aromatic N) is 3. The topological polar surface area (TPSA) is 56.7 Å². The third-order valence-electron chi connectivity index (χ3n) is 2.88. The lowest BCUT2D eigenvalue weighted by Crippen LogP contribution is -2.36. The van der Waals surface area contributed by atoms with Gasteiger partial charge in [-0.15, -0.1) is 0 Å². The first kappa shape index (κ1) is 13.5. The minimum absolute atomic E-state index is 0.574. The van der Waals surface area contributed by atoms with E-state index >= 15 is 0 Å². The van der Waals surface area contributed by atoms with Gasteiger partial charge >= 0.3 is 0 Å². The van der Waals surface area contributed by atoms with Gasteiger partial charge in [0.2, 0.25) is 0 Å². The molecule has 1 heterocycles. The van der Waals surface area contributed by atoms with Gasteiger partial charge in [-0.2, -0.15) is 5.10 Å². The maximum absolute atomic E-state index is 6.37. The second-order valence-corrected chi connectivity index (χ2v) is 5.84. The highest BCUT2D eigenvalue weighted by atomic mass is 79.9. The van der Waals surface area contributed by atoms with Crippen molar-refractivity contribution in [2.45, 2.75) is 18.9 Å². The Morgan fingerprint density at radius 1 is 1.50 bits per heavy atom. The number of nitrogens with two attached hydrogens (primary N) is 1. The summed E-state index contributed by atoms with van der Waals surface area (Å²) >= 11 is 9.62. The molecular weight excluding hydrogens is 316 g/mol. The number of aromatic nitrogens is 3. The Kier molecular flexibility index (Phi) is 3.75. The van der Waals surface area contributed by atoms with Crippen LogP contribution in [-0.2, 0) is 19.0 Å². The van der Waals surface area contributed by atoms with Crippen molar-refractivity contribution in [1.29, 1.82) is 0 Å². The fraction of sp³-hybridized carbons (Fsp3) is 0.333. The Morgan fingerprint density at radius 2 is 2.22 bits per heavy atom. The van der Waals surface area contributed by atoms with Crippen LogP contribution in [0.25, 0.3) is 0 Å². The van der Waals surface area contributed by atoms with Gasteiger partial charge in [0, 0.05) is 28.5 Å². The normalized spacial score (nSPS) is 14.5. The molecular formula is C12H14BrClN4. The van der Waals surface area contributed by atoms with Crippen LogP contribution in [0.1, 0.15) is 18.3 Å². The summed E-state index contributed by atoms with van der Waals surface area (Å²) in [7, 11) is 1.85. The number of aryl methyl sites for hydroxylation is 1. The molecule has 2 N–H and O–H groups in total. The molecule has 1 aromatic heterocycles. The van der Waals surface area contributed by atoms with Crippen molar-refractivity contribution < 1.29 is 0 Å². The molecule has 2 rings (SSSR count). The van der Waals surface area contributed by atoms with Crippen molar-refractivity contribution in [3.63, 3.8) is 0 Å². The zero-order chi connectivity index (χ0) is 13.3. The molecule has 1 atom stereocenters. The van der Waals surface area contributed by atoms with Gasteiger partial charge in [0.05, 0.1) is 0 Å². The summed E-state index contributed by atoms with van der Waals surface area (Å²) in [6.45, 7) is 1.94. The molecule has 6 heteroatoms. The van der Waals surface area contributed by atoms with Crippen LogP contribution < -0.4 is 5.73 Å². The fourth-order valence-corrected chi connectivity index (χ4v) is 2.75. The van der Waals surface area contributed by atoms with Crippen molar-refractivity contribution >= 4 is 27.5 Å². The summed E-state index contributed by atoms with van der Waals surface area (Å²) in [5.74, 6) is 0.832. The van der Waals surface area contributed by atoms with Crippen LogP contribution in [0.5, 0.6) is 0 Å². The van der Waals surface area contributed by atoms with Crippen LogP contribution in [0.4, 0.5) is 0 Å². The molecule has 1 unspecified atom stereocenters. The second-order valence-electron chi connectivity index (χ2n) is 4.52. The Balaban J connectivity index is 2.33. The largest absolute Gasteiger partial charge is 0.321 e. The van der Waals surface area contributed by atoms with Crippen molar-refractivity contribution in [3.8, 4) is 0 Å². The van der Waals surface area contributed by atoms with Gasteiger partial charge in [0.15, 0.2) is 0 Å². The first-order chi connectivity index (χ1) is 8.40. The molecule has 18 heavy (non-hydrogen) atoms. The van der Waals surface area contributed by atoms with Gasteiger partial charge in [0.1, 0.15) is 12.2 Å². The Labute approximate surface area is 119 Å². The number of hydrogen-bond acceptors (Lipinski definition) is 3. The Bertz CT molecular complexity index is 565. The molecule has 0 amide bonds. The smallest absolute Gasteiger partial charge is 0.138 e. The fourth-order valence-electron chi connectivity index (χ4n) is 1.86. The average molecular weight is 330 g/mol. The van der Waals surface area contributed by atoms with E-state index in [-0.39, 0.29) is 0 Å². The van der Waals surface area contributed by atoms with Gasteiger partial charge < -0.3 is 5.73 Å². The molecule has 2 aromatic rings. The Morgan fingerprint density at radius 3 is 2.78 bits per heavy atom. The van der Waals surface area contributed by atoms with Crippen LogP contribution in [0.15, 0.2) is 29.0 Å². The standard InChI is InChI=1S/C12H14BrClN4/c1-12(15,6-11-16-7-17-18(11)2)9-4-3-8(13)5-10(9)14/h3-5,7H,6,15H2,1-2H3. The molecule has 0 saturated carbocycles. The number of benzene rings is 1. The van der Waals surface area contributed by atoms with Gasteiger partial charge in [-0.3, -0.25) is 4.68 Å². The van der Waals surface area contributed by atoms with Crippen LogP contribution in [-0.4, -0.2) is 14.8 Å². The molecule has 1 aromatic carbocycles. The van der Waals surface area contributed by atoms with Gasteiger partial charge in [-0.1, -0.05) is 33.6 Å². The maximum Gasteiger partial charge on any atom is 0.138 e. The number of hydrogen-bond donors (Lipinski definition) is 1. The Hall–Kier alpha value is -0.910. The minimum Gasteiger partial charge on any atom is -0.321 e. The molecule has 0 fully saturated rings. The molecule has 0 radical (unpaired) electrons. The van der Waals surface area contributed by atoms with E-state index in [9.17, 15) is 0 Å². The monoisotopic (exact) mass is 328 g/mol. The van der Waals surface area contributed by atoms with Crippen molar-refractivity contribution in [2.24, 2.45) is 12.8 Å². The van der Waals surface area contributed by atoms with Crippen LogP contribution in [0.3, 0.4) is 0 Å². The van der Waals surface area contributed by atoms with Crippen molar-refractivity contribution in [1.82, 2.24) is 14.8 Å². The molecule has 0 spiro atoms. The predicted octanol–water partition coefficient (Wildman–Crippen LogP) is 2.65. The van der Waals surface area contributed by atoms with Crippen molar-refractivity contribution in [3.05, 3.63) is 45.4 Å². The summed E-state index contributed by atoms with van der Waals surface area (Å²) in [6.07, 6.45) is 2.10. The first-order valence-corrected chi connectivity index (χ1v) is 6.64. The van der Waals surface area contributed by atoms with Crippen LogP contribution in [0.2, 0.25) is 5.02 Å². The molecule has 0 saturated heterocycles. The molecule has 4 nitrogen and oxygen atoms in total. The zero-order valence-electron chi connectivity index (χ0n) is 10.2. The third-order valence-corrected chi connectivity index (χ3v) is 3.68. The summed E-state index contributed by atoms with van der Waals surface area (Å²) in [5, 5.41) is 4.69. The highest BCUT2D eigenvalue weighted by Gasteiger charge is 2.26. The summed E-state index contributed by atoms with van der Waals surface area (Å²) < 4.78 is 2.66. The molecule has 96 valence electrons. The van der Waals surface area contributed by atoms with Crippen LogP contribution >= 0.6 is 27.5 Å². The van der Waals surface area contributed by atoms with Crippen molar-refractivity contribution in [2.75, 3.05) is 0 Å². The van der Waals surface area contributed by atoms with Gasteiger partial charge in [0.25, 0.3) is 0 Å². The SMILES string of the molecule is Cn1ncnc1CC(C)(N)c1ccc(Br)cc1Cl. The highest BCUT2D eigenvalue weighted by molar-refractivity contribution is 9.10. The van der Waals surface area contributed by atoms with E-state index in [1.807, 2.05) is 32.2 Å². The molecule has 0 aliphatic rings. The molecule has 0 aliphatic carbocycles. The van der Waals surface area contributed by atoms with E-state index < -0.39 is 5.54 Å². The minimum atomic E-state index is -0.585. The number of halogens is 2.